The minimum Gasteiger partial charge on any atom is -0.198 e. The third-order valence-corrected chi connectivity index (χ3v) is 5.79. The highest BCUT2D eigenvalue weighted by Crippen LogP contribution is 2.27. The van der Waals surface area contributed by atoms with E-state index in [0.29, 0.717) is 6.54 Å². The molecule has 1 N–H and O–H groups in total. The highest BCUT2D eigenvalue weighted by atomic mass is 32.2. The summed E-state index contributed by atoms with van der Waals surface area (Å²) in [5, 5.41) is 9.00. The molecule has 0 amide bonds. The standard InChI is InChI=1S/C12H21N3O2S/c1-10-5-2-3-8-15(10)18(16,17)14-12-7-4-6-11(12)9-13/h10-12,14H,2-8H2,1H3. The van der Waals surface area contributed by atoms with Gasteiger partial charge in [-0.15, -0.1) is 0 Å². The second-order valence-corrected chi connectivity index (χ2v) is 7.01. The second kappa shape index (κ2) is 5.55. The number of hydrogen-bond donors (Lipinski definition) is 1. The van der Waals surface area contributed by atoms with Crippen LogP contribution < -0.4 is 4.72 Å². The van der Waals surface area contributed by atoms with E-state index in [1.807, 2.05) is 6.92 Å². The predicted octanol–water partition coefficient (Wildman–Crippen LogP) is 1.39. The lowest BCUT2D eigenvalue weighted by Crippen LogP contribution is -2.51. The van der Waals surface area contributed by atoms with Crippen LogP contribution in [0.15, 0.2) is 0 Å². The third kappa shape index (κ3) is 2.85. The Morgan fingerprint density at radius 3 is 2.67 bits per heavy atom. The fraction of sp³-hybridized carbons (Fsp3) is 0.917. The van der Waals surface area contributed by atoms with E-state index in [2.05, 4.69) is 10.8 Å². The molecule has 5 nitrogen and oxygen atoms in total. The lowest BCUT2D eigenvalue weighted by Gasteiger charge is -2.33. The van der Waals surface area contributed by atoms with E-state index in [1.54, 1.807) is 4.31 Å². The Morgan fingerprint density at radius 2 is 2.00 bits per heavy atom. The van der Waals surface area contributed by atoms with Crippen LogP contribution in [0.25, 0.3) is 0 Å². The number of nitriles is 1. The maximum Gasteiger partial charge on any atom is 0.279 e. The SMILES string of the molecule is CC1CCCCN1S(=O)(=O)NC1CCCC1C#N. The maximum absolute atomic E-state index is 12.3. The van der Waals surface area contributed by atoms with Gasteiger partial charge in [0.05, 0.1) is 12.0 Å². The summed E-state index contributed by atoms with van der Waals surface area (Å²) in [6, 6.07) is 2.07. The van der Waals surface area contributed by atoms with Gasteiger partial charge < -0.3 is 0 Å². The summed E-state index contributed by atoms with van der Waals surface area (Å²) in [6.45, 7) is 2.55. The van der Waals surface area contributed by atoms with Crippen molar-refractivity contribution >= 4 is 10.2 Å². The number of nitrogens with one attached hydrogen (secondary N) is 1. The van der Waals surface area contributed by atoms with Crippen molar-refractivity contribution in [2.75, 3.05) is 6.54 Å². The molecule has 1 saturated carbocycles. The van der Waals surface area contributed by atoms with Gasteiger partial charge in [0.25, 0.3) is 10.2 Å². The van der Waals surface area contributed by atoms with Crippen molar-refractivity contribution in [2.24, 2.45) is 5.92 Å². The van der Waals surface area contributed by atoms with E-state index in [9.17, 15) is 8.42 Å². The summed E-state index contributed by atoms with van der Waals surface area (Å²) in [4.78, 5) is 0. The Balaban J connectivity index is 2.05. The Morgan fingerprint density at radius 1 is 1.22 bits per heavy atom. The van der Waals surface area contributed by atoms with Gasteiger partial charge in [0.1, 0.15) is 0 Å². The average Bonchev–Trinajstić information content (AvgIpc) is 2.76. The number of piperidine rings is 1. The van der Waals surface area contributed by atoms with Crippen molar-refractivity contribution < 1.29 is 8.42 Å². The summed E-state index contributed by atoms with van der Waals surface area (Å²) in [5.41, 5.74) is 0. The van der Waals surface area contributed by atoms with Gasteiger partial charge in [0.2, 0.25) is 0 Å². The molecule has 2 rings (SSSR count). The van der Waals surface area contributed by atoms with Gasteiger partial charge >= 0.3 is 0 Å². The van der Waals surface area contributed by atoms with Gasteiger partial charge in [-0.1, -0.05) is 12.8 Å². The molecule has 1 heterocycles. The van der Waals surface area contributed by atoms with Crippen LogP contribution in [0.5, 0.6) is 0 Å². The molecule has 3 atom stereocenters. The van der Waals surface area contributed by atoms with Gasteiger partial charge in [0, 0.05) is 18.6 Å². The van der Waals surface area contributed by atoms with Crippen molar-refractivity contribution in [1.82, 2.24) is 9.03 Å². The smallest absolute Gasteiger partial charge is 0.198 e. The fourth-order valence-corrected chi connectivity index (χ4v) is 4.69. The molecule has 0 bridgehead atoms. The number of rotatable bonds is 3. The maximum atomic E-state index is 12.3. The Labute approximate surface area is 109 Å². The number of nitrogens with zero attached hydrogens (tertiary/aromatic N) is 2. The van der Waals surface area contributed by atoms with E-state index in [0.717, 1.165) is 38.5 Å². The molecule has 2 aliphatic rings. The molecular formula is C12H21N3O2S. The van der Waals surface area contributed by atoms with Gasteiger partial charge in [-0.25, -0.2) is 0 Å². The highest BCUT2D eigenvalue weighted by Gasteiger charge is 2.35. The van der Waals surface area contributed by atoms with Gasteiger partial charge in [-0.3, -0.25) is 0 Å². The van der Waals surface area contributed by atoms with Crippen LogP contribution in [0.2, 0.25) is 0 Å². The van der Waals surface area contributed by atoms with Crippen molar-refractivity contribution in [3.63, 3.8) is 0 Å². The summed E-state index contributed by atoms with van der Waals surface area (Å²) in [5.74, 6) is -0.167. The molecule has 102 valence electrons. The van der Waals surface area contributed by atoms with Gasteiger partial charge in [-0.05, 0) is 32.6 Å². The molecule has 6 heteroatoms. The minimum atomic E-state index is -3.43. The molecule has 0 spiro atoms. The zero-order valence-electron chi connectivity index (χ0n) is 10.8. The Kier molecular flexibility index (Phi) is 4.25. The molecule has 2 fully saturated rings. The fourth-order valence-electron chi connectivity index (χ4n) is 2.94. The average molecular weight is 271 g/mol. The zero-order valence-corrected chi connectivity index (χ0v) is 11.6. The van der Waals surface area contributed by atoms with E-state index >= 15 is 0 Å². The molecule has 18 heavy (non-hydrogen) atoms. The third-order valence-electron chi connectivity index (χ3n) is 4.03. The Bertz CT molecular complexity index is 429. The molecule has 1 aliphatic heterocycles. The first-order valence-corrected chi connectivity index (χ1v) is 8.17. The van der Waals surface area contributed by atoms with Crippen molar-refractivity contribution in [3.05, 3.63) is 0 Å². The van der Waals surface area contributed by atoms with Gasteiger partial charge in [-0.2, -0.15) is 22.7 Å². The molecular weight excluding hydrogens is 250 g/mol. The minimum absolute atomic E-state index is 0.0678. The normalized spacial score (nSPS) is 34.3. The van der Waals surface area contributed by atoms with E-state index < -0.39 is 10.2 Å². The molecule has 3 unspecified atom stereocenters. The van der Waals surface area contributed by atoms with Crippen LogP contribution in [0.4, 0.5) is 0 Å². The largest absolute Gasteiger partial charge is 0.279 e. The van der Waals surface area contributed by atoms with E-state index in [1.165, 1.54) is 0 Å². The first-order chi connectivity index (χ1) is 8.54. The molecule has 1 saturated heterocycles. The van der Waals surface area contributed by atoms with Gasteiger partial charge in [0.15, 0.2) is 0 Å². The number of hydrogen-bond acceptors (Lipinski definition) is 3. The molecule has 0 aromatic carbocycles. The van der Waals surface area contributed by atoms with E-state index in [4.69, 9.17) is 5.26 Å². The Hall–Kier alpha value is -0.640. The lowest BCUT2D eigenvalue weighted by atomic mass is 10.1. The second-order valence-electron chi connectivity index (χ2n) is 5.35. The summed E-state index contributed by atoms with van der Waals surface area (Å²) in [7, 11) is -3.43. The molecule has 0 aromatic rings. The lowest BCUT2D eigenvalue weighted by molar-refractivity contribution is 0.263. The van der Waals surface area contributed by atoms with Crippen LogP contribution in [0.3, 0.4) is 0 Å². The summed E-state index contributed by atoms with van der Waals surface area (Å²) >= 11 is 0. The monoisotopic (exact) mass is 271 g/mol. The summed E-state index contributed by atoms with van der Waals surface area (Å²) in [6.07, 6.45) is 5.46. The molecule has 0 aromatic heterocycles. The van der Waals surface area contributed by atoms with Crippen LogP contribution in [-0.2, 0) is 10.2 Å². The van der Waals surface area contributed by atoms with Crippen LogP contribution in [0, 0.1) is 17.2 Å². The van der Waals surface area contributed by atoms with E-state index in [-0.39, 0.29) is 18.0 Å². The first-order valence-electron chi connectivity index (χ1n) is 6.73. The highest BCUT2D eigenvalue weighted by molar-refractivity contribution is 7.87. The van der Waals surface area contributed by atoms with Crippen LogP contribution in [0.1, 0.15) is 45.4 Å². The topological polar surface area (TPSA) is 73.2 Å². The molecule has 1 aliphatic carbocycles. The van der Waals surface area contributed by atoms with Crippen LogP contribution >= 0.6 is 0 Å². The van der Waals surface area contributed by atoms with Crippen molar-refractivity contribution in [2.45, 2.75) is 57.5 Å². The van der Waals surface area contributed by atoms with Crippen molar-refractivity contribution in [1.29, 1.82) is 5.26 Å². The predicted molar refractivity (Wildman–Crippen MR) is 68.8 cm³/mol. The quantitative estimate of drug-likeness (QED) is 0.843. The zero-order chi connectivity index (χ0) is 13.2. The van der Waals surface area contributed by atoms with Crippen LogP contribution in [-0.4, -0.2) is 31.4 Å². The first kappa shape index (κ1) is 13.8. The summed E-state index contributed by atoms with van der Waals surface area (Å²) < 4.78 is 28.9. The van der Waals surface area contributed by atoms with Crippen molar-refractivity contribution in [3.8, 4) is 6.07 Å². The molecule has 0 radical (unpaired) electrons.